The first-order chi connectivity index (χ1) is 12.5. The molecule has 5 rings (SSSR count). The zero-order valence-corrected chi connectivity index (χ0v) is 12.2. The lowest BCUT2D eigenvalue weighted by Gasteiger charge is -2.05. The first-order valence-electron chi connectivity index (χ1n) is 9.10. The van der Waals surface area contributed by atoms with Crippen molar-refractivity contribution in [2.24, 2.45) is 6.98 Å². The second-order valence-corrected chi connectivity index (χ2v) is 5.90. The summed E-state index contributed by atoms with van der Waals surface area (Å²) < 4.78 is 24.5. The summed E-state index contributed by atoms with van der Waals surface area (Å²) in [4.78, 5) is 4.20. The van der Waals surface area contributed by atoms with Crippen LogP contribution in [0.2, 0.25) is 0 Å². The summed E-state index contributed by atoms with van der Waals surface area (Å²) in [6.07, 6.45) is 3.83. The number of nitrogens with zero attached hydrogens (tertiary/aromatic N) is 4. The van der Waals surface area contributed by atoms with Crippen molar-refractivity contribution in [3.63, 3.8) is 0 Å². The van der Waals surface area contributed by atoms with Gasteiger partial charge in [0.15, 0.2) is 5.65 Å². The summed E-state index contributed by atoms with van der Waals surface area (Å²) in [6, 6.07) is 9.46. The van der Waals surface area contributed by atoms with Crippen molar-refractivity contribution in [3.8, 4) is 0 Å². The SMILES string of the molecule is [2H]C([2H])([2H])n1nc(C2CC2)c2ccc(Nc3[nH]nc4ncccc34)cc21. The molecule has 4 aromatic rings. The quantitative estimate of drug-likeness (QED) is 0.608. The van der Waals surface area contributed by atoms with Crippen LogP contribution in [0, 0.1) is 0 Å². The lowest BCUT2D eigenvalue weighted by molar-refractivity contribution is 0.767. The van der Waals surface area contributed by atoms with E-state index >= 15 is 0 Å². The molecule has 0 saturated heterocycles. The molecule has 2 N–H and O–H groups in total. The molecule has 1 aliphatic rings. The van der Waals surface area contributed by atoms with Crippen molar-refractivity contribution in [1.82, 2.24) is 25.0 Å². The number of hydrogen-bond donors (Lipinski definition) is 2. The molecule has 1 fully saturated rings. The van der Waals surface area contributed by atoms with Gasteiger partial charge in [0.05, 0.1) is 16.6 Å². The number of aromatic amines is 1. The number of fused-ring (bicyclic) bond motifs is 2. The number of hydrogen-bond acceptors (Lipinski definition) is 4. The predicted octanol–water partition coefficient (Wildman–Crippen LogP) is 3.47. The molecule has 3 heterocycles. The van der Waals surface area contributed by atoms with E-state index in [9.17, 15) is 0 Å². The van der Waals surface area contributed by atoms with Crippen LogP contribution in [0.5, 0.6) is 0 Å². The lowest BCUT2D eigenvalue weighted by Crippen LogP contribution is -1.93. The Morgan fingerprint density at radius 2 is 2.26 bits per heavy atom. The fraction of sp³-hybridized carbons (Fsp3) is 0.235. The molecule has 6 heteroatoms. The van der Waals surface area contributed by atoms with E-state index in [1.54, 1.807) is 6.20 Å². The minimum absolute atomic E-state index is 0.377. The van der Waals surface area contributed by atoms with Gasteiger partial charge in [0.2, 0.25) is 0 Å². The largest absolute Gasteiger partial charge is 0.340 e. The summed E-state index contributed by atoms with van der Waals surface area (Å²) in [6.45, 7) is -2.31. The van der Waals surface area contributed by atoms with E-state index in [2.05, 4.69) is 25.6 Å². The minimum Gasteiger partial charge on any atom is -0.340 e. The van der Waals surface area contributed by atoms with Crippen LogP contribution in [0.4, 0.5) is 11.5 Å². The van der Waals surface area contributed by atoms with Gasteiger partial charge in [-0.25, -0.2) is 4.98 Å². The second kappa shape index (κ2) is 4.55. The van der Waals surface area contributed by atoms with Crippen molar-refractivity contribution in [2.75, 3.05) is 5.32 Å². The number of rotatable bonds is 3. The first kappa shape index (κ1) is 9.99. The Labute approximate surface area is 136 Å². The van der Waals surface area contributed by atoms with Crippen molar-refractivity contribution in [1.29, 1.82) is 0 Å². The van der Waals surface area contributed by atoms with E-state index in [4.69, 9.17) is 4.11 Å². The third kappa shape index (κ3) is 1.98. The summed E-state index contributed by atoms with van der Waals surface area (Å²) >= 11 is 0. The molecule has 0 unspecified atom stereocenters. The van der Waals surface area contributed by atoms with Gasteiger partial charge in [0.25, 0.3) is 0 Å². The molecule has 1 saturated carbocycles. The van der Waals surface area contributed by atoms with Gasteiger partial charge in [0, 0.05) is 34.3 Å². The Morgan fingerprint density at radius 1 is 1.30 bits per heavy atom. The van der Waals surface area contributed by atoms with E-state index < -0.39 is 6.98 Å². The molecule has 1 aromatic carbocycles. The molecule has 0 spiro atoms. The van der Waals surface area contributed by atoms with Crippen LogP contribution < -0.4 is 5.32 Å². The molecule has 6 nitrogen and oxygen atoms in total. The molecule has 23 heavy (non-hydrogen) atoms. The van der Waals surface area contributed by atoms with Crippen molar-refractivity contribution < 1.29 is 4.11 Å². The fourth-order valence-electron chi connectivity index (χ4n) is 2.96. The van der Waals surface area contributed by atoms with Gasteiger partial charge in [-0.05, 0) is 43.2 Å². The molecule has 0 aliphatic heterocycles. The monoisotopic (exact) mass is 307 g/mol. The predicted molar refractivity (Wildman–Crippen MR) is 89.9 cm³/mol. The summed E-state index contributed by atoms with van der Waals surface area (Å²) in [5.74, 6) is 1.09. The number of pyridine rings is 1. The average molecular weight is 307 g/mol. The first-order valence-corrected chi connectivity index (χ1v) is 7.60. The third-order valence-electron chi connectivity index (χ3n) is 4.27. The number of anilines is 2. The van der Waals surface area contributed by atoms with Crippen LogP contribution >= 0.6 is 0 Å². The van der Waals surface area contributed by atoms with Gasteiger partial charge >= 0.3 is 0 Å². The van der Waals surface area contributed by atoms with Crippen molar-refractivity contribution >= 4 is 33.4 Å². The van der Waals surface area contributed by atoms with Gasteiger partial charge in [-0.1, -0.05) is 0 Å². The van der Waals surface area contributed by atoms with Crippen LogP contribution in [0.1, 0.15) is 28.6 Å². The summed E-state index contributed by atoms with van der Waals surface area (Å²) in [5.41, 5.74) is 2.89. The Morgan fingerprint density at radius 3 is 3.13 bits per heavy atom. The van der Waals surface area contributed by atoms with Crippen molar-refractivity contribution in [2.45, 2.75) is 18.8 Å². The van der Waals surface area contributed by atoms with Gasteiger partial charge in [-0.2, -0.15) is 10.2 Å². The summed E-state index contributed by atoms with van der Waals surface area (Å²) in [5, 5.41) is 16.5. The highest BCUT2D eigenvalue weighted by atomic mass is 15.3. The highest BCUT2D eigenvalue weighted by Crippen LogP contribution is 2.42. The summed E-state index contributed by atoms with van der Waals surface area (Å²) in [7, 11) is 0. The molecule has 114 valence electrons. The molecular formula is C17H16N6. The molecular weight excluding hydrogens is 288 g/mol. The van der Waals surface area contributed by atoms with Crippen LogP contribution in [-0.2, 0) is 6.98 Å². The maximum Gasteiger partial charge on any atom is 0.183 e. The topological polar surface area (TPSA) is 71.4 Å². The highest BCUT2D eigenvalue weighted by molar-refractivity contribution is 5.91. The Kier molecular flexibility index (Phi) is 1.98. The van der Waals surface area contributed by atoms with E-state index in [1.165, 1.54) is 0 Å². The highest BCUT2D eigenvalue weighted by Gasteiger charge is 2.28. The van der Waals surface area contributed by atoms with Gasteiger partial charge < -0.3 is 5.32 Å². The normalized spacial score (nSPS) is 17.1. The number of nitrogens with one attached hydrogen (secondary N) is 2. The zero-order valence-electron chi connectivity index (χ0n) is 15.2. The van der Waals surface area contributed by atoms with E-state index in [1.807, 2.05) is 30.3 Å². The molecule has 0 bridgehead atoms. The van der Waals surface area contributed by atoms with Crippen LogP contribution in [0.3, 0.4) is 0 Å². The Bertz CT molecular complexity index is 1120. The van der Waals surface area contributed by atoms with E-state index in [0.717, 1.165) is 45.5 Å². The third-order valence-corrected chi connectivity index (χ3v) is 4.27. The molecule has 0 radical (unpaired) electrons. The zero-order chi connectivity index (χ0) is 17.9. The second-order valence-electron chi connectivity index (χ2n) is 5.90. The number of aryl methyl sites for hydroxylation is 1. The Balaban J connectivity index is 1.61. The van der Waals surface area contributed by atoms with Crippen LogP contribution in [0.15, 0.2) is 36.5 Å². The number of benzene rings is 1. The van der Waals surface area contributed by atoms with Crippen LogP contribution in [0.25, 0.3) is 21.9 Å². The minimum atomic E-state index is -2.31. The molecule has 1 aliphatic carbocycles. The maximum absolute atomic E-state index is 7.79. The average Bonchev–Trinajstić information content (AvgIpc) is 3.26. The number of H-pyrrole nitrogens is 1. The van der Waals surface area contributed by atoms with Gasteiger partial charge in [-0.3, -0.25) is 9.78 Å². The molecule has 0 atom stereocenters. The fourth-order valence-corrected chi connectivity index (χ4v) is 2.96. The lowest BCUT2D eigenvalue weighted by atomic mass is 10.1. The van der Waals surface area contributed by atoms with Crippen molar-refractivity contribution in [3.05, 3.63) is 42.2 Å². The van der Waals surface area contributed by atoms with E-state index in [0.29, 0.717) is 17.1 Å². The molecule has 3 aromatic heterocycles. The van der Waals surface area contributed by atoms with Gasteiger partial charge in [-0.15, -0.1) is 0 Å². The van der Waals surface area contributed by atoms with Gasteiger partial charge in [0.1, 0.15) is 5.82 Å². The van der Waals surface area contributed by atoms with Crippen LogP contribution in [-0.4, -0.2) is 25.0 Å². The molecule has 0 amide bonds. The van der Waals surface area contributed by atoms with E-state index in [-0.39, 0.29) is 0 Å². The number of aromatic nitrogens is 5. The standard InChI is InChI=1S/C17H16N6/c1-23-14-9-11(6-7-12(14)15(22-23)10-4-5-10)19-17-13-3-2-8-18-16(13)20-21-17/h2-3,6-10H,4-5H2,1H3,(H2,18,19,20,21)/i1D3. The smallest absolute Gasteiger partial charge is 0.183 e. The maximum atomic E-state index is 7.79. The Hall–Kier alpha value is -2.89.